The number of aromatic nitrogens is 3. The topological polar surface area (TPSA) is 69.0 Å². The fourth-order valence-corrected chi connectivity index (χ4v) is 3.51. The third-order valence-electron chi connectivity index (χ3n) is 4.95. The third-order valence-corrected chi connectivity index (χ3v) is 4.95. The summed E-state index contributed by atoms with van der Waals surface area (Å²) >= 11 is 0. The third kappa shape index (κ3) is 4.49. The van der Waals surface area contributed by atoms with Gasteiger partial charge in [0.2, 0.25) is 5.91 Å². The maximum atomic E-state index is 12.5. The average Bonchev–Trinajstić information content (AvgIpc) is 3.10. The number of amides is 1. The highest BCUT2D eigenvalue weighted by Crippen LogP contribution is 2.19. The number of carbonyl (C=O) groups excluding carboxylic acids is 1. The van der Waals surface area contributed by atoms with E-state index in [0.717, 1.165) is 39.4 Å². The molecule has 0 radical (unpaired) electrons. The average molecular weight is 400 g/mol. The minimum absolute atomic E-state index is 0.0338. The normalized spacial score (nSPS) is 10.9. The number of fused-ring (bicyclic) bond motifs is 1. The van der Waals surface area contributed by atoms with Gasteiger partial charge in [-0.25, -0.2) is 9.97 Å². The monoisotopic (exact) mass is 400 g/mol. The van der Waals surface area contributed by atoms with Crippen LogP contribution in [-0.4, -0.2) is 27.6 Å². The molecule has 0 aliphatic rings. The van der Waals surface area contributed by atoms with E-state index in [1.807, 2.05) is 72.2 Å². The molecule has 6 nitrogen and oxygen atoms in total. The summed E-state index contributed by atoms with van der Waals surface area (Å²) in [4.78, 5) is 21.7. The molecule has 1 N–H and O–H groups in total. The molecule has 6 heteroatoms. The largest absolute Gasteiger partial charge is 0.497 e. The van der Waals surface area contributed by atoms with E-state index >= 15 is 0 Å². The summed E-state index contributed by atoms with van der Waals surface area (Å²) in [5.41, 5.74) is 4.82. The number of carbonyl (C=O) groups is 1. The van der Waals surface area contributed by atoms with Gasteiger partial charge in [0.15, 0.2) is 5.65 Å². The van der Waals surface area contributed by atoms with Gasteiger partial charge < -0.3 is 14.6 Å². The lowest BCUT2D eigenvalue weighted by Crippen LogP contribution is -2.26. The van der Waals surface area contributed by atoms with Crippen LogP contribution in [0.5, 0.6) is 5.75 Å². The van der Waals surface area contributed by atoms with E-state index < -0.39 is 0 Å². The highest BCUT2D eigenvalue weighted by molar-refractivity contribution is 5.78. The maximum Gasteiger partial charge on any atom is 0.224 e. The number of nitrogens with zero attached hydrogens (tertiary/aromatic N) is 3. The summed E-state index contributed by atoms with van der Waals surface area (Å²) in [5, 5.41) is 3.00. The van der Waals surface area contributed by atoms with Gasteiger partial charge in [-0.1, -0.05) is 42.0 Å². The fourth-order valence-electron chi connectivity index (χ4n) is 3.51. The van der Waals surface area contributed by atoms with Gasteiger partial charge in [0.25, 0.3) is 0 Å². The summed E-state index contributed by atoms with van der Waals surface area (Å²) in [6, 6.07) is 19.7. The van der Waals surface area contributed by atoms with E-state index in [-0.39, 0.29) is 5.91 Å². The van der Waals surface area contributed by atoms with Crippen LogP contribution in [0.3, 0.4) is 0 Å². The van der Waals surface area contributed by atoms with E-state index in [9.17, 15) is 4.79 Å². The Bertz CT molecular complexity index is 1180. The zero-order valence-corrected chi connectivity index (χ0v) is 17.1. The molecular formula is C24H24N4O2. The molecule has 0 saturated carbocycles. The Morgan fingerprint density at radius 1 is 1.07 bits per heavy atom. The highest BCUT2D eigenvalue weighted by Gasteiger charge is 2.14. The number of nitrogens with one attached hydrogen (secondary N) is 1. The molecule has 4 aromatic rings. The predicted molar refractivity (Wildman–Crippen MR) is 116 cm³/mol. The Morgan fingerprint density at radius 2 is 1.90 bits per heavy atom. The number of imidazole rings is 1. The summed E-state index contributed by atoms with van der Waals surface area (Å²) in [6.45, 7) is 2.95. The first kappa shape index (κ1) is 19.6. The zero-order chi connectivity index (χ0) is 20.9. The lowest BCUT2D eigenvalue weighted by molar-refractivity contribution is -0.120. The number of pyridine rings is 1. The van der Waals surface area contributed by atoms with Gasteiger partial charge in [-0.2, -0.15) is 0 Å². The summed E-state index contributed by atoms with van der Waals surface area (Å²) in [6.07, 6.45) is 2.10. The molecule has 0 bridgehead atoms. The highest BCUT2D eigenvalue weighted by atomic mass is 16.5. The molecule has 30 heavy (non-hydrogen) atoms. The molecule has 0 unspecified atom stereocenters. The molecule has 0 saturated heterocycles. The summed E-state index contributed by atoms with van der Waals surface area (Å²) < 4.78 is 7.38. The van der Waals surface area contributed by atoms with Crippen molar-refractivity contribution in [1.82, 2.24) is 19.9 Å². The summed E-state index contributed by atoms with van der Waals surface area (Å²) in [7, 11) is 1.66. The van der Waals surface area contributed by atoms with E-state index in [1.165, 1.54) is 0 Å². The second kappa shape index (κ2) is 8.78. The Hall–Kier alpha value is -3.67. The molecule has 0 aliphatic heterocycles. The van der Waals surface area contributed by atoms with Crippen molar-refractivity contribution in [3.05, 3.63) is 89.4 Å². The van der Waals surface area contributed by atoms with Crippen LogP contribution < -0.4 is 10.1 Å². The van der Waals surface area contributed by atoms with Crippen molar-refractivity contribution in [2.45, 2.75) is 26.4 Å². The van der Waals surface area contributed by atoms with Gasteiger partial charge >= 0.3 is 0 Å². The lowest BCUT2D eigenvalue weighted by atomic mass is 10.1. The minimum atomic E-state index is -0.0338. The van der Waals surface area contributed by atoms with Crippen LogP contribution in [0.4, 0.5) is 0 Å². The van der Waals surface area contributed by atoms with E-state index in [0.29, 0.717) is 19.5 Å². The van der Waals surface area contributed by atoms with Crippen molar-refractivity contribution < 1.29 is 9.53 Å². The second-order valence-electron chi connectivity index (χ2n) is 7.25. The maximum absolute atomic E-state index is 12.5. The molecule has 152 valence electrons. The van der Waals surface area contributed by atoms with Gasteiger partial charge in [0.1, 0.15) is 17.1 Å². The number of rotatable bonds is 7. The van der Waals surface area contributed by atoms with Crippen LogP contribution in [0.1, 0.15) is 22.5 Å². The zero-order valence-electron chi connectivity index (χ0n) is 17.1. The van der Waals surface area contributed by atoms with Crippen molar-refractivity contribution in [1.29, 1.82) is 0 Å². The Labute approximate surface area is 175 Å². The fraction of sp³-hybridized carbons (Fsp3) is 0.208. The lowest BCUT2D eigenvalue weighted by Gasteiger charge is -2.11. The van der Waals surface area contributed by atoms with Crippen LogP contribution in [0.25, 0.3) is 11.2 Å². The molecule has 1 amide bonds. The molecule has 2 heterocycles. The van der Waals surface area contributed by atoms with Crippen molar-refractivity contribution in [2.75, 3.05) is 7.11 Å². The molecule has 0 aliphatic carbocycles. The Morgan fingerprint density at radius 3 is 2.73 bits per heavy atom. The Kier molecular flexibility index (Phi) is 5.75. The quantitative estimate of drug-likeness (QED) is 0.514. The minimum Gasteiger partial charge on any atom is -0.497 e. The number of hydrogen-bond acceptors (Lipinski definition) is 4. The van der Waals surface area contributed by atoms with Crippen LogP contribution in [-0.2, 0) is 24.3 Å². The van der Waals surface area contributed by atoms with Crippen LogP contribution >= 0.6 is 0 Å². The first-order chi connectivity index (χ1) is 14.6. The second-order valence-corrected chi connectivity index (χ2v) is 7.25. The van der Waals surface area contributed by atoms with Crippen LogP contribution in [0.15, 0.2) is 66.9 Å². The molecular weight excluding hydrogens is 376 g/mol. The van der Waals surface area contributed by atoms with Crippen molar-refractivity contribution in [3.63, 3.8) is 0 Å². The number of ether oxygens (including phenoxy) is 1. The SMILES string of the molecule is COc1cccc(Cn2c(CNC(=O)Cc3cccc(C)c3)nc3cccnc32)c1. The molecule has 2 aromatic heterocycles. The Balaban J connectivity index is 1.54. The summed E-state index contributed by atoms with van der Waals surface area (Å²) in [5.74, 6) is 1.54. The first-order valence-corrected chi connectivity index (χ1v) is 9.87. The van der Waals surface area contributed by atoms with Gasteiger partial charge in [-0.3, -0.25) is 4.79 Å². The molecule has 0 spiro atoms. The van der Waals surface area contributed by atoms with Crippen molar-refractivity contribution in [3.8, 4) is 5.75 Å². The smallest absolute Gasteiger partial charge is 0.224 e. The number of benzene rings is 2. The first-order valence-electron chi connectivity index (χ1n) is 9.87. The van der Waals surface area contributed by atoms with Gasteiger partial charge in [0.05, 0.1) is 26.6 Å². The van der Waals surface area contributed by atoms with Gasteiger partial charge in [0, 0.05) is 6.20 Å². The van der Waals surface area contributed by atoms with Gasteiger partial charge in [-0.05, 0) is 42.3 Å². The number of hydrogen-bond donors (Lipinski definition) is 1. The van der Waals surface area contributed by atoms with E-state index in [2.05, 4.69) is 10.3 Å². The molecule has 4 rings (SSSR count). The standard InChI is InChI=1S/C24H24N4O2/c1-17-6-3-7-18(12-17)14-23(29)26-15-22-27-21-10-5-11-25-24(21)28(22)16-19-8-4-9-20(13-19)30-2/h3-13H,14-16H2,1-2H3,(H,26,29). The number of aryl methyl sites for hydroxylation is 1. The number of methoxy groups -OCH3 is 1. The molecule has 0 atom stereocenters. The molecule has 0 fully saturated rings. The van der Waals surface area contributed by atoms with Crippen molar-refractivity contribution in [2.24, 2.45) is 0 Å². The van der Waals surface area contributed by atoms with Crippen molar-refractivity contribution >= 4 is 17.1 Å². The van der Waals surface area contributed by atoms with E-state index in [4.69, 9.17) is 9.72 Å². The molecule has 2 aromatic carbocycles. The predicted octanol–water partition coefficient (Wildman–Crippen LogP) is 3.66. The van der Waals surface area contributed by atoms with Gasteiger partial charge in [-0.15, -0.1) is 0 Å². The van der Waals surface area contributed by atoms with Crippen LogP contribution in [0.2, 0.25) is 0 Å². The van der Waals surface area contributed by atoms with Crippen LogP contribution in [0, 0.1) is 6.92 Å². The van der Waals surface area contributed by atoms with E-state index in [1.54, 1.807) is 13.3 Å².